The lowest BCUT2D eigenvalue weighted by Gasteiger charge is -2.24. The largest absolute Gasteiger partial charge is 0.477 e. The zero-order chi connectivity index (χ0) is 12.4. The topological polar surface area (TPSA) is 45.5 Å². The molecular weight excluding hydrogens is 240 g/mol. The standard InChI is InChI=1S/C12H17ClN2O2/c1-9(14-4-2-3-5-14)7-15-8-10(13)6-11(15)12(16)17/h6,8-9H,2-5,7H2,1H3,(H,16,17). The molecule has 1 aliphatic rings. The van der Waals surface area contributed by atoms with Crippen molar-refractivity contribution >= 4 is 17.6 Å². The maximum Gasteiger partial charge on any atom is 0.352 e. The van der Waals surface area contributed by atoms with E-state index < -0.39 is 5.97 Å². The smallest absolute Gasteiger partial charge is 0.352 e. The van der Waals surface area contributed by atoms with E-state index >= 15 is 0 Å². The number of nitrogens with zero attached hydrogens (tertiary/aromatic N) is 2. The molecule has 1 aromatic heterocycles. The van der Waals surface area contributed by atoms with Crippen molar-refractivity contribution in [1.29, 1.82) is 0 Å². The predicted molar refractivity (Wildman–Crippen MR) is 66.7 cm³/mol. The molecule has 0 aromatic carbocycles. The molecule has 0 saturated carbocycles. The molecule has 5 heteroatoms. The Hall–Kier alpha value is -1.00. The molecule has 94 valence electrons. The van der Waals surface area contributed by atoms with Crippen molar-refractivity contribution in [3.8, 4) is 0 Å². The van der Waals surface area contributed by atoms with E-state index in [2.05, 4.69) is 11.8 Å². The number of rotatable bonds is 4. The third-order valence-corrected chi connectivity index (χ3v) is 3.51. The van der Waals surface area contributed by atoms with Gasteiger partial charge in [0.25, 0.3) is 0 Å². The fraction of sp³-hybridized carbons (Fsp3) is 0.583. The van der Waals surface area contributed by atoms with Crippen molar-refractivity contribution in [3.05, 3.63) is 23.0 Å². The van der Waals surface area contributed by atoms with Gasteiger partial charge in [0.2, 0.25) is 0 Å². The molecule has 1 saturated heterocycles. The lowest BCUT2D eigenvalue weighted by atomic mass is 10.3. The van der Waals surface area contributed by atoms with Crippen molar-refractivity contribution < 1.29 is 9.90 Å². The van der Waals surface area contributed by atoms with Crippen LogP contribution in [-0.4, -0.2) is 39.7 Å². The Morgan fingerprint density at radius 3 is 2.76 bits per heavy atom. The number of carbonyl (C=O) groups is 1. The third kappa shape index (κ3) is 2.82. The SMILES string of the molecule is CC(Cn1cc(Cl)cc1C(=O)O)N1CCCC1. The molecule has 0 aliphatic carbocycles. The molecule has 1 fully saturated rings. The van der Waals surface area contributed by atoms with Crippen LogP contribution in [0.5, 0.6) is 0 Å². The van der Waals surface area contributed by atoms with E-state index in [-0.39, 0.29) is 5.69 Å². The molecular formula is C12H17ClN2O2. The van der Waals surface area contributed by atoms with Gasteiger partial charge in [0.15, 0.2) is 0 Å². The minimum absolute atomic E-state index is 0.265. The highest BCUT2D eigenvalue weighted by Crippen LogP contribution is 2.18. The van der Waals surface area contributed by atoms with Crippen molar-refractivity contribution in [2.75, 3.05) is 13.1 Å². The summed E-state index contributed by atoms with van der Waals surface area (Å²) in [6, 6.07) is 1.85. The maximum absolute atomic E-state index is 11.0. The molecule has 1 aliphatic heterocycles. The highest BCUT2D eigenvalue weighted by atomic mass is 35.5. The molecule has 4 nitrogen and oxygen atoms in total. The first kappa shape index (κ1) is 12.5. The predicted octanol–water partition coefficient (Wildman–Crippen LogP) is 2.32. The first-order chi connectivity index (χ1) is 8.08. The normalized spacial score (nSPS) is 18.5. The monoisotopic (exact) mass is 256 g/mol. The summed E-state index contributed by atoms with van der Waals surface area (Å²) in [5.74, 6) is -0.925. The van der Waals surface area contributed by atoms with E-state index in [9.17, 15) is 4.79 Å². The first-order valence-electron chi connectivity index (χ1n) is 5.91. The van der Waals surface area contributed by atoms with E-state index in [1.54, 1.807) is 10.8 Å². The number of carboxylic acids is 1. The molecule has 1 aromatic rings. The van der Waals surface area contributed by atoms with Crippen LogP contribution < -0.4 is 0 Å². The first-order valence-corrected chi connectivity index (χ1v) is 6.28. The minimum atomic E-state index is -0.925. The zero-order valence-electron chi connectivity index (χ0n) is 9.90. The van der Waals surface area contributed by atoms with E-state index in [0.29, 0.717) is 17.6 Å². The highest BCUT2D eigenvalue weighted by molar-refractivity contribution is 6.30. The van der Waals surface area contributed by atoms with Crippen LogP contribution in [0.1, 0.15) is 30.3 Å². The molecule has 1 unspecified atom stereocenters. The van der Waals surface area contributed by atoms with Gasteiger partial charge in [-0.1, -0.05) is 11.6 Å². The fourth-order valence-electron chi connectivity index (χ4n) is 2.39. The molecule has 0 spiro atoms. The van der Waals surface area contributed by atoms with Crippen molar-refractivity contribution in [2.45, 2.75) is 32.4 Å². The molecule has 0 radical (unpaired) electrons. The number of aromatic carboxylic acids is 1. The van der Waals surface area contributed by atoms with Crippen LogP contribution >= 0.6 is 11.6 Å². The van der Waals surface area contributed by atoms with Crippen LogP contribution in [0.2, 0.25) is 5.02 Å². The summed E-state index contributed by atoms with van der Waals surface area (Å²) in [4.78, 5) is 13.4. The van der Waals surface area contributed by atoms with E-state index in [0.717, 1.165) is 13.1 Å². The summed E-state index contributed by atoms with van der Waals surface area (Å²) in [7, 11) is 0. The van der Waals surface area contributed by atoms with Crippen molar-refractivity contribution in [3.63, 3.8) is 0 Å². The van der Waals surface area contributed by atoms with Crippen LogP contribution in [0.4, 0.5) is 0 Å². The summed E-state index contributed by atoms with van der Waals surface area (Å²) in [6.07, 6.45) is 4.17. The van der Waals surface area contributed by atoms with Gasteiger partial charge < -0.3 is 9.67 Å². The molecule has 17 heavy (non-hydrogen) atoms. The lowest BCUT2D eigenvalue weighted by Crippen LogP contribution is -2.34. The lowest BCUT2D eigenvalue weighted by molar-refractivity contribution is 0.0683. The average molecular weight is 257 g/mol. The Morgan fingerprint density at radius 1 is 1.53 bits per heavy atom. The number of halogens is 1. The van der Waals surface area contributed by atoms with Gasteiger partial charge in [0.1, 0.15) is 5.69 Å². The van der Waals surface area contributed by atoms with Crippen LogP contribution in [-0.2, 0) is 6.54 Å². The van der Waals surface area contributed by atoms with Gasteiger partial charge in [0, 0.05) is 18.8 Å². The Bertz CT molecular complexity index is 411. The van der Waals surface area contributed by atoms with Crippen LogP contribution in [0.25, 0.3) is 0 Å². The molecule has 1 N–H and O–H groups in total. The second kappa shape index (κ2) is 5.10. The van der Waals surface area contributed by atoms with Gasteiger partial charge in [-0.3, -0.25) is 4.90 Å². The van der Waals surface area contributed by atoms with Gasteiger partial charge >= 0.3 is 5.97 Å². The Morgan fingerprint density at radius 2 is 2.18 bits per heavy atom. The summed E-state index contributed by atoms with van der Waals surface area (Å²) < 4.78 is 1.73. The second-order valence-electron chi connectivity index (χ2n) is 4.59. The minimum Gasteiger partial charge on any atom is -0.477 e. The van der Waals surface area contributed by atoms with Gasteiger partial charge in [-0.15, -0.1) is 0 Å². The summed E-state index contributed by atoms with van der Waals surface area (Å²) >= 11 is 5.85. The van der Waals surface area contributed by atoms with E-state index in [4.69, 9.17) is 16.7 Å². The van der Waals surface area contributed by atoms with Crippen LogP contribution in [0, 0.1) is 0 Å². The highest BCUT2D eigenvalue weighted by Gasteiger charge is 2.20. The van der Waals surface area contributed by atoms with E-state index in [1.165, 1.54) is 18.9 Å². The van der Waals surface area contributed by atoms with Crippen LogP contribution in [0.15, 0.2) is 12.3 Å². The molecule has 2 heterocycles. The zero-order valence-corrected chi connectivity index (χ0v) is 10.7. The number of carboxylic acid groups (broad SMARTS) is 1. The maximum atomic E-state index is 11.0. The number of aromatic nitrogens is 1. The molecule has 1 atom stereocenters. The molecule has 0 amide bonds. The van der Waals surface area contributed by atoms with Gasteiger partial charge in [-0.25, -0.2) is 4.79 Å². The van der Waals surface area contributed by atoms with Crippen molar-refractivity contribution in [2.24, 2.45) is 0 Å². The van der Waals surface area contributed by atoms with Gasteiger partial charge in [-0.05, 0) is 38.9 Å². The van der Waals surface area contributed by atoms with E-state index in [1.807, 2.05) is 0 Å². The third-order valence-electron chi connectivity index (χ3n) is 3.31. The summed E-state index contributed by atoms with van der Waals surface area (Å²) in [5, 5.41) is 9.55. The average Bonchev–Trinajstić information content (AvgIpc) is 2.86. The number of likely N-dealkylation sites (tertiary alicyclic amines) is 1. The van der Waals surface area contributed by atoms with Gasteiger partial charge in [-0.2, -0.15) is 0 Å². The summed E-state index contributed by atoms with van der Waals surface area (Å²) in [6.45, 7) is 5.02. The Labute approximate surface area is 106 Å². The molecule has 0 bridgehead atoms. The second-order valence-corrected chi connectivity index (χ2v) is 5.03. The quantitative estimate of drug-likeness (QED) is 0.899. The van der Waals surface area contributed by atoms with Gasteiger partial charge in [0.05, 0.1) is 5.02 Å². The Balaban J connectivity index is 2.09. The Kier molecular flexibility index (Phi) is 3.74. The summed E-state index contributed by atoms with van der Waals surface area (Å²) in [5.41, 5.74) is 0.265. The number of hydrogen-bond acceptors (Lipinski definition) is 2. The molecule has 2 rings (SSSR count). The fourth-order valence-corrected chi connectivity index (χ4v) is 2.61. The van der Waals surface area contributed by atoms with Crippen LogP contribution in [0.3, 0.4) is 0 Å². The number of hydrogen-bond donors (Lipinski definition) is 1. The van der Waals surface area contributed by atoms with Crippen molar-refractivity contribution in [1.82, 2.24) is 9.47 Å².